The number of nitrogens with one attached hydrogen (secondary N) is 2. The SMILES string of the molecule is O=C(Nc1ccccc1-c1cc2cc(CN3CCNCC3)ccc2o1)c1ccc(F)cc1. The molecule has 32 heavy (non-hydrogen) atoms. The molecule has 0 bridgehead atoms. The van der Waals surface area contributed by atoms with Crippen LogP contribution in [-0.4, -0.2) is 37.0 Å². The molecule has 0 aliphatic carbocycles. The predicted molar refractivity (Wildman–Crippen MR) is 124 cm³/mol. The van der Waals surface area contributed by atoms with Crippen LogP contribution in [0.15, 0.2) is 77.2 Å². The quantitative estimate of drug-likeness (QED) is 0.474. The van der Waals surface area contributed by atoms with Gasteiger partial charge in [0.2, 0.25) is 0 Å². The van der Waals surface area contributed by atoms with Crippen LogP contribution in [0.25, 0.3) is 22.3 Å². The van der Waals surface area contributed by atoms with Crippen LogP contribution in [0.3, 0.4) is 0 Å². The van der Waals surface area contributed by atoms with Crippen LogP contribution in [0.4, 0.5) is 10.1 Å². The average molecular weight is 429 g/mol. The van der Waals surface area contributed by atoms with E-state index in [2.05, 4.69) is 27.7 Å². The number of carbonyl (C=O) groups is 1. The van der Waals surface area contributed by atoms with E-state index in [1.54, 1.807) is 0 Å². The van der Waals surface area contributed by atoms with E-state index >= 15 is 0 Å². The molecule has 1 fully saturated rings. The minimum absolute atomic E-state index is 0.299. The van der Waals surface area contributed by atoms with E-state index < -0.39 is 0 Å². The Hall–Kier alpha value is -3.48. The van der Waals surface area contributed by atoms with Crippen molar-refractivity contribution in [1.82, 2.24) is 10.2 Å². The number of hydrogen-bond donors (Lipinski definition) is 2. The molecular formula is C26H24FN3O2. The molecule has 0 spiro atoms. The molecule has 2 heterocycles. The van der Waals surface area contributed by atoms with Gasteiger partial charge < -0.3 is 15.1 Å². The van der Waals surface area contributed by atoms with Crippen molar-refractivity contribution in [2.45, 2.75) is 6.54 Å². The first-order valence-corrected chi connectivity index (χ1v) is 10.8. The lowest BCUT2D eigenvalue weighted by molar-refractivity contribution is 0.102. The number of nitrogens with zero attached hydrogens (tertiary/aromatic N) is 1. The van der Waals surface area contributed by atoms with Crippen molar-refractivity contribution in [2.24, 2.45) is 0 Å². The number of fused-ring (bicyclic) bond motifs is 1. The summed E-state index contributed by atoms with van der Waals surface area (Å²) in [6.07, 6.45) is 0. The smallest absolute Gasteiger partial charge is 0.255 e. The predicted octanol–water partition coefficient (Wildman–Crippen LogP) is 4.90. The molecule has 1 aromatic heterocycles. The Balaban J connectivity index is 1.40. The van der Waals surface area contributed by atoms with Gasteiger partial charge in [-0.15, -0.1) is 0 Å². The third-order valence-electron chi connectivity index (χ3n) is 5.74. The zero-order valence-corrected chi connectivity index (χ0v) is 17.6. The van der Waals surface area contributed by atoms with Crippen molar-refractivity contribution in [2.75, 3.05) is 31.5 Å². The van der Waals surface area contributed by atoms with Crippen LogP contribution in [0.1, 0.15) is 15.9 Å². The second-order valence-corrected chi connectivity index (χ2v) is 8.02. The first-order valence-electron chi connectivity index (χ1n) is 10.8. The van der Waals surface area contributed by atoms with Gasteiger partial charge in [-0.3, -0.25) is 9.69 Å². The van der Waals surface area contributed by atoms with Gasteiger partial charge in [0.15, 0.2) is 0 Å². The summed E-state index contributed by atoms with van der Waals surface area (Å²) < 4.78 is 19.3. The Kier molecular flexibility index (Phi) is 5.71. The number of anilines is 1. The fourth-order valence-corrected chi connectivity index (χ4v) is 4.05. The average Bonchev–Trinajstić information content (AvgIpc) is 3.24. The number of para-hydroxylation sites is 1. The Morgan fingerprint density at radius 2 is 1.78 bits per heavy atom. The van der Waals surface area contributed by atoms with Crippen LogP contribution in [0.2, 0.25) is 0 Å². The van der Waals surface area contributed by atoms with Crippen molar-refractivity contribution in [3.05, 3.63) is 89.7 Å². The van der Waals surface area contributed by atoms with E-state index in [0.29, 0.717) is 17.0 Å². The van der Waals surface area contributed by atoms with E-state index in [1.165, 1.54) is 29.8 Å². The third-order valence-corrected chi connectivity index (χ3v) is 5.74. The number of hydrogen-bond acceptors (Lipinski definition) is 4. The van der Waals surface area contributed by atoms with E-state index in [4.69, 9.17) is 4.42 Å². The maximum Gasteiger partial charge on any atom is 0.255 e. The highest BCUT2D eigenvalue weighted by atomic mass is 19.1. The zero-order valence-electron chi connectivity index (χ0n) is 17.6. The number of benzene rings is 3. The van der Waals surface area contributed by atoms with Gasteiger partial charge >= 0.3 is 0 Å². The molecule has 0 unspecified atom stereocenters. The Labute approximate surface area is 185 Å². The number of rotatable bonds is 5. The summed E-state index contributed by atoms with van der Waals surface area (Å²) in [6, 6.07) is 21.3. The summed E-state index contributed by atoms with van der Waals surface area (Å²) >= 11 is 0. The molecule has 2 N–H and O–H groups in total. The maximum atomic E-state index is 13.2. The Bertz CT molecular complexity index is 1240. The Morgan fingerprint density at radius 1 is 1.00 bits per heavy atom. The fraction of sp³-hybridized carbons (Fsp3) is 0.192. The molecule has 0 radical (unpaired) electrons. The molecule has 0 atom stereocenters. The number of halogens is 1. The number of carbonyl (C=O) groups excluding carboxylic acids is 1. The van der Waals surface area contributed by atoms with Gasteiger partial charge in [-0.2, -0.15) is 0 Å². The molecule has 1 saturated heterocycles. The van der Waals surface area contributed by atoms with Gasteiger partial charge in [0.25, 0.3) is 5.91 Å². The van der Waals surface area contributed by atoms with Gasteiger partial charge in [0, 0.05) is 49.2 Å². The lowest BCUT2D eigenvalue weighted by Gasteiger charge is -2.27. The second kappa shape index (κ2) is 8.94. The first kappa shape index (κ1) is 20.4. The zero-order chi connectivity index (χ0) is 21.9. The van der Waals surface area contributed by atoms with Crippen molar-refractivity contribution in [1.29, 1.82) is 0 Å². The van der Waals surface area contributed by atoms with Crippen molar-refractivity contribution in [3.63, 3.8) is 0 Å². The van der Waals surface area contributed by atoms with Gasteiger partial charge in [0.1, 0.15) is 17.2 Å². The monoisotopic (exact) mass is 429 g/mol. The van der Waals surface area contributed by atoms with E-state index in [0.717, 1.165) is 49.3 Å². The lowest BCUT2D eigenvalue weighted by atomic mass is 10.1. The van der Waals surface area contributed by atoms with Crippen LogP contribution < -0.4 is 10.6 Å². The summed E-state index contributed by atoms with van der Waals surface area (Å²) in [5.74, 6) is 0.0155. The highest BCUT2D eigenvalue weighted by Crippen LogP contribution is 2.33. The van der Waals surface area contributed by atoms with Gasteiger partial charge in [-0.25, -0.2) is 4.39 Å². The third kappa shape index (κ3) is 4.42. The number of furan rings is 1. The molecule has 1 amide bonds. The molecule has 1 aliphatic heterocycles. The number of amides is 1. The minimum Gasteiger partial charge on any atom is -0.456 e. The van der Waals surface area contributed by atoms with E-state index in [1.807, 2.05) is 36.4 Å². The normalized spacial score (nSPS) is 14.5. The summed E-state index contributed by atoms with van der Waals surface area (Å²) in [5.41, 5.74) is 3.89. The van der Waals surface area contributed by atoms with Crippen LogP contribution in [0, 0.1) is 5.82 Å². The maximum absolute atomic E-state index is 13.2. The lowest BCUT2D eigenvalue weighted by Crippen LogP contribution is -2.42. The second-order valence-electron chi connectivity index (χ2n) is 8.02. The topological polar surface area (TPSA) is 57.5 Å². The summed E-state index contributed by atoms with van der Waals surface area (Å²) in [4.78, 5) is 15.1. The molecule has 1 aliphatic rings. The highest BCUT2D eigenvalue weighted by Gasteiger charge is 2.15. The van der Waals surface area contributed by atoms with Gasteiger partial charge in [0.05, 0.1) is 5.69 Å². The van der Waals surface area contributed by atoms with Crippen molar-refractivity contribution < 1.29 is 13.6 Å². The largest absolute Gasteiger partial charge is 0.456 e. The molecular weight excluding hydrogens is 405 g/mol. The Morgan fingerprint density at radius 3 is 2.59 bits per heavy atom. The summed E-state index contributed by atoms with van der Waals surface area (Å²) in [6.45, 7) is 5.07. The minimum atomic E-state index is -0.374. The van der Waals surface area contributed by atoms with Crippen LogP contribution in [0.5, 0.6) is 0 Å². The molecule has 5 rings (SSSR count). The van der Waals surface area contributed by atoms with Crippen molar-refractivity contribution >= 4 is 22.6 Å². The molecule has 4 aromatic rings. The highest BCUT2D eigenvalue weighted by molar-refractivity contribution is 6.06. The first-order chi connectivity index (χ1) is 15.7. The van der Waals surface area contributed by atoms with Gasteiger partial charge in [-0.1, -0.05) is 18.2 Å². The molecule has 3 aromatic carbocycles. The molecule has 5 nitrogen and oxygen atoms in total. The van der Waals surface area contributed by atoms with E-state index in [-0.39, 0.29) is 11.7 Å². The number of piperazine rings is 1. The summed E-state index contributed by atoms with van der Waals surface area (Å²) in [7, 11) is 0. The molecule has 6 heteroatoms. The van der Waals surface area contributed by atoms with Gasteiger partial charge in [-0.05, 0) is 60.2 Å². The fourth-order valence-electron chi connectivity index (χ4n) is 4.05. The van der Waals surface area contributed by atoms with Crippen molar-refractivity contribution in [3.8, 4) is 11.3 Å². The standard InChI is InChI=1S/C26H24FN3O2/c27-21-8-6-19(7-9-21)26(31)29-23-4-2-1-3-22(23)25-16-20-15-18(5-10-24(20)32-25)17-30-13-11-28-12-14-30/h1-10,15-16,28H,11-14,17H2,(H,29,31). The van der Waals surface area contributed by atoms with E-state index in [9.17, 15) is 9.18 Å². The van der Waals surface area contributed by atoms with Crippen LogP contribution >= 0.6 is 0 Å². The van der Waals surface area contributed by atoms with Crippen LogP contribution in [-0.2, 0) is 6.54 Å². The summed E-state index contributed by atoms with van der Waals surface area (Å²) in [5, 5.41) is 7.34. The molecule has 0 saturated carbocycles. The molecule has 162 valence electrons.